The highest BCUT2D eigenvalue weighted by Crippen LogP contribution is 2.03. The molecule has 10 heavy (non-hydrogen) atoms. The molecule has 0 bridgehead atoms. The molecule has 0 heteroatoms. The number of allylic oxidation sites excluding steroid dienone is 4. The Kier molecular flexibility index (Phi) is 5.00. The quantitative estimate of drug-likeness (QED) is 0.522. The third-order valence-electron chi connectivity index (χ3n) is 1.42. The minimum absolute atomic E-state index is 1.15. The predicted octanol–water partition coefficient (Wildman–Crippen LogP) is 3.51. The van der Waals surface area contributed by atoms with E-state index in [1.165, 1.54) is 12.0 Å². The maximum Gasteiger partial charge on any atom is -0.0239 e. The molecule has 0 aromatic carbocycles. The highest BCUT2D eigenvalue weighted by molar-refractivity contribution is 5.25. The highest BCUT2D eigenvalue weighted by Gasteiger charge is 1.83. The van der Waals surface area contributed by atoms with Gasteiger partial charge in [0.25, 0.3) is 0 Å². The first-order chi connectivity index (χ1) is 4.68. The molecule has 0 atom stereocenters. The summed E-state index contributed by atoms with van der Waals surface area (Å²) in [6.07, 6.45) is 6.65. The molecule has 0 nitrogen and oxygen atoms in total. The number of hydrogen-bond donors (Lipinski definition) is 0. The zero-order chi connectivity index (χ0) is 7.98. The molecular weight excluding hydrogens is 120 g/mol. The zero-order valence-electron chi connectivity index (χ0n) is 7.28. The fourth-order valence-electron chi connectivity index (χ4n) is 0.559. The van der Waals surface area contributed by atoms with Crippen molar-refractivity contribution in [2.45, 2.75) is 33.6 Å². The average molecular weight is 137 g/mol. The van der Waals surface area contributed by atoms with Crippen LogP contribution in [0, 0.1) is 6.92 Å². The van der Waals surface area contributed by atoms with Crippen LogP contribution in [0.4, 0.5) is 0 Å². The molecule has 0 saturated heterocycles. The van der Waals surface area contributed by atoms with Crippen LogP contribution in [0.1, 0.15) is 33.6 Å². The van der Waals surface area contributed by atoms with Crippen LogP contribution in [0.5, 0.6) is 0 Å². The fourth-order valence-corrected chi connectivity index (χ4v) is 0.559. The van der Waals surface area contributed by atoms with Crippen molar-refractivity contribution in [3.05, 3.63) is 30.2 Å². The smallest absolute Gasteiger partial charge is 0.0239 e. The Labute approximate surface area is 64.6 Å². The normalized spacial score (nSPS) is 10.4. The Morgan fingerprint density at radius 3 is 2.40 bits per heavy atom. The van der Waals surface area contributed by atoms with Gasteiger partial charge in [-0.15, -0.1) is 0 Å². The van der Waals surface area contributed by atoms with Crippen molar-refractivity contribution in [1.82, 2.24) is 0 Å². The minimum atomic E-state index is 1.15. The van der Waals surface area contributed by atoms with Gasteiger partial charge in [-0.25, -0.2) is 0 Å². The van der Waals surface area contributed by atoms with Gasteiger partial charge in [0.05, 0.1) is 0 Å². The summed E-state index contributed by atoms with van der Waals surface area (Å²) in [5, 5.41) is 0. The molecule has 0 rings (SSSR count). The van der Waals surface area contributed by atoms with Gasteiger partial charge in [-0.05, 0) is 32.8 Å². The summed E-state index contributed by atoms with van der Waals surface area (Å²) in [6.45, 7) is 10.2. The van der Waals surface area contributed by atoms with E-state index >= 15 is 0 Å². The van der Waals surface area contributed by atoms with Crippen LogP contribution in [0.3, 0.4) is 0 Å². The first kappa shape index (κ1) is 9.48. The van der Waals surface area contributed by atoms with Crippen molar-refractivity contribution in [2.75, 3.05) is 0 Å². The van der Waals surface area contributed by atoms with Crippen LogP contribution < -0.4 is 0 Å². The molecule has 0 saturated carbocycles. The Morgan fingerprint density at radius 2 is 2.00 bits per heavy atom. The first-order valence-electron chi connectivity index (χ1n) is 3.84. The Bertz CT molecular complexity index is 134. The molecule has 0 spiro atoms. The summed E-state index contributed by atoms with van der Waals surface area (Å²) < 4.78 is 0. The van der Waals surface area contributed by atoms with Crippen molar-refractivity contribution in [2.24, 2.45) is 0 Å². The van der Waals surface area contributed by atoms with Crippen molar-refractivity contribution >= 4 is 0 Å². The van der Waals surface area contributed by atoms with E-state index in [9.17, 15) is 0 Å². The Morgan fingerprint density at radius 1 is 1.40 bits per heavy atom. The standard InChI is InChI=1S/C10H17/c1-5-6-7-8-10(4)9(2)3/h7-8H,4-6H2,1-3H3. The number of unbranched alkanes of at least 4 members (excludes halogenated alkanes) is 1. The van der Waals surface area contributed by atoms with Crippen molar-refractivity contribution < 1.29 is 0 Å². The molecule has 0 aliphatic carbocycles. The fraction of sp³-hybridized carbons (Fsp3) is 0.500. The molecule has 0 aromatic heterocycles. The number of rotatable bonds is 3. The van der Waals surface area contributed by atoms with Crippen LogP contribution >= 0.6 is 0 Å². The van der Waals surface area contributed by atoms with Gasteiger partial charge in [-0.3, -0.25) is 0 Å². The molecule has 0 heterocycles. The van der Waals surface area contributed by atoms with Gasteiger partial charge in [-0.2, -0.15) is 0 Å². The topological polar surface area (TPSA) is 0 Å². The third kappa shape index (κ3) is 4.37. The summed E-state index contributed by atoms with van der Waals surface area (Å²) in [4.78, 5) is 0. The van der Waals surface area contributed by atoms with Crippen LogP contribution in [-0.4, -0.2) is 0 Å². The number of hydrogen-bond acceptors (Lipinski definition) is 0. The lowest BCUT2D eigenvalue weighted by atomic mass is 10.1. The van der Waals surface area contributed by atoms with Crippen LogP contribution in [-0.2, 0) is 0 Å². The van der Waals surface area contributed by atoms with Gasteiger partial charge in [0, 0.05) is 0 Å². The highest BCUT2D eigenvalue weighted by atomic mass is 13.9. The summed E-state index contributed by atoms with van der Waals surface area (Å²) in [7, 11) is 0. The predicted molar refractivity (Wildman–Crippen MR) is 47.8 cm³/mol. The SMILES string of the molecule is [CH2]C(C=CCCC)=C(C)C. The average Bonchev–Trinajstić information content (AvgIpc) is 1.88. The second-order valence-electron chi connectivity index (χ2n) is 2.72. The monoisotopic (exact) mass is 137 g/mol. The molecule has 0 aliphatic rings. The minimum Gasteiger partial charge on any atom is -0.0843 e. The zero-order valence-corrected chi connectivity index (χ0v) is 7.28. The van der Waals surface area contributed by atoms with E-state index in [1.54, 1.807) is 0 Å². The van der Waals surface area contributed by atoms with Gasteiger partial charge in [0.15, 0.2) is 0 Å². The van der Waals surface area contributed by atoms with Gasteiger partial charge in [0.2, 0.25) is 0 Å². The largest absolute Gasteiger partial charge is 0.0843 e. The summed E-state index contributed by atoms with van der Waals surface area (Å²) >= 11 is 0. The van der Waals surface area contributed by atoms with E-state index in [1.807, 2.05) is 0 Å². The molecule has 0 N–H and O–H groups in total. The van der Waals surface area contributed by atoms with E-state index in [-0.39, 0.29) is 0 Å². The Balaban J connectivity index is 3.78. The molecule has 0 aromatic rings. The van der Waals surface area contributed by atoms with Gasteiger partial charge in [0.1, 0.15) is 0 Å². The van der Waals surface area contributed by atoms with Crippen LogP contribution in [0.2, 0.25) is 0 Å². The molecule has 0 aliphatic heterocycles. The molecule has 0 unspecified atom stereocenters. The molecule has 1 radical (unpaired) electrons. The van der Waals surface area contributed by atoms with Crippen molar-refractivity contribution in [1.29, 1.82) is 0 Å². The molecule has 0 fully saturated rings. The molecular formula is C10H17. The Hall–Kier alpha value is -0.520. The van der Waals surface area contributed by atoms with E-state index < -0.39 is 0 Å². The van der Waals surface area contributed by atoms with Crippen LogP contribution in [0.25, 0.3) is 0 Å². The van der Waals surface area contributed by atoms with E-state index in [4.69, 9.17) is 0 Å². The van der Waals surface area contributed by atoms with Gasteiger partial charge >= 0.3 is 0 Å². The summed E-state index contributed by atoms with van der Waals surface area (Å²) in [5.41, 5.74) is 2.45. The lowest BCUT2D eigenvalue weighted by Gasteiger charge is -1.93. The van der Waals surface area contributed by atoms with Crippen LogP contribution in [0.15, 0.2) is 23.3 Å². The van der Waals surface area contributed by atoms with Crippen molar-refractivity contribution in [3.63, 3.8) is 0 Å². The maximum absolute atomic E-state index is 3.90. The molecule has 0 amide bonds. The lowest BCUT2D eigenvalue weighted by Crippen LogP contribution is -1.73. The second-order valence-corrected chi connectivity index (χ2v) is 2.72. The van der Waals surface area contributed by atoms with E-state index in [0.29, 0.717) is 0 Å². The van der Waals surface area contributed by atoms with E-state index in [0.717, 1.165) is 12.0 Å². The summed E-state index contributed by atoms with van der Waals surface area (Å²) in [6, 6.07) is 0. The second kappa shape index (κ2) is 5.28. The van der Waals surface area contributed by atoms with E-state index in [2.05, 4.69) is 39.8 Å². The lowest BCUT2D eigenvalue weighted by molar-refractivity contribution is 0.958. The van der Waals surface area contributed by atoms with Gasteiger partial charge in [-0.1, -0.05) is 31.1 Å². The maximum atomic E-state index is 3.90. The summed E-state index contributed by atoms with van der Waals surface area (Å²) in [5.74, 6) is 0. The van der Waals surface area contributed by atoms with Gasteiger partial charge < -0.3 is 0 Å². The van der Waals surface area contributed by atoms with Crippen molar-refractivity contribution in [3.8, 4) is 0 Å². The third-order valence-corrected chi connectivity index (χ3v) is 1.42. The molecule has 57 valence electrons. The first-order valence-corrected chi connectivity index (χ1v) is 3.84.